The number of nitrogens with one attached hydrogen (secondary N) is 2. The van der Waals surface area contributed by atoms with Crippen LogP contribution in [0.5, 0.6) is 0 Å². The van der Waals surface area contributed by atoms with E-state index in [2.05, 4.69) is 22.0 Å². The maximum absolute atomic E-state index is 13.3. The molecule has 0 aromatic heterocycles. The van der Waals surface area contributed by atoms with E-state index in [0.717, 1.165) is 12.1 Å². The molecule has 0 radical (unpaired) electrons. The molecule has 6 nitrogen and oxygen atoms in total. The van der Waals surface area contributed by atoms with Crippen molar-refractivity contribution in [3.8, 4) is 0 Å². The van der Waals surface area contributed by atoms with Crippen molar-refractivity contribution in [2.24, 2.45) is 10.7 Å². The smallest absolute Gasteiger partial charge is 0.240 e. The Bertz CT molecular complexity index is 1190. The van der Waals surface area contributed by atoms with Crippen molar-refractivity contribution in [3.05, 3.63) is 95.3 Å². The highest BCUT2D eigenvalue weighted by atomic mass is 127. The van der Waals surface area contributed by atoms with E-state index in [1.165, 1.54) is 29.8 Å². The maximum Gasteiger partial charge on any atom is 0.240 e. The number of aliphatic imine (C=N–C) groups is 1. The fourth-order valence-electron chi connectivity index (χ4n) is 2.95. The molecule has 0 atom stereocenters. The van der Waals surface area contributed by atoms with Gasteiger partial charge in [-0.15, -0.1) is 24.0 Å². The number of hydrogen-bond acceptors (Lipinski definition) is 3. The van der Waals surface area contributed by atoms with Gasteiger partial charge >= 0.3 is 0 Å². The molecule has 170 valence electrons. The van der Waals surface area contributed by atoms with E-state index in [1.807, 2.05) is 24.3 Å². The monoisotopic (exact) mass is 568 g/mol. The van der Waals surface area contributed by atoms with Crippen LogP contribution in [-0.4, -0.2) is 14.4 Å². The highest BCUT2D eigenvalue weighted by molar-refractivity contribution is 14.0. The van der Waals surface area contributed by atoms with Gasteiger partial charge in [-0.05, 0) is 59.5 Å². The molecule has 9 heteroatoms. The first kappa shape index (κ1) is 25.8. The summed E-state index contributed by atoms with van der Waals surface area (Å²) in [6, 6.07) is 20.1. The van der Waals surface area contributed by atoms with Gasteiger partial charge in [-0.3, -0.25) is 0 Å². The second kappa shape index (κ2) is 11.9. The van der Waals surface area contributed by atoms with Crippen LogP contribution in [0.1, 0.15) is 23.6 Å². The molecule has 0 unspecified atom stereocenters. The van der Waals surface area contributed by atoms with Gasteiger partial charge in [0.2, 0.25) is 10.0 Å². The first-order valence-electron chi connectivity index (χ1n) is 9.84. The van der Waals surface area contributed by atoms with Crippen LogP contribution in [-0.2, 0) is 29.5 Å². The van der Waals surface area contributed by atoms with E-state index in [1.54, 1.807) is 24.3 Å². The van der Waals surface area contributed by atoms with Gasteiger partial charge in [0.25, 0.3) is 0 Å². The van der Waals surface area contributed by atoms with Crippen LogP contribution in [0, 0.1) is 5.82 Å². The zero-order chi connectivity index (χ0) is 22.3. The van der Waals surface area contributed by atoms with E-state index < -0.39 is 15.8 Å². The number of halogens is 2. The first-order valence-corrected chi connectivity index (χ1v) is 11.3. The zero-order valence-corrected chi connectivity index (χ0v) is 20.7. The van der Waals surface area contributed by atoms with Crippen LogP contribution in [0.3, 0.4) is 0 Å². The number of hydrogen-bond donors (Lipinski definition) is 3. The number of guanidine groups is 1. The van der Waals surface area contributed by atoms with Crippen LogP contribution >= 0.6 is 24.0 Å². The maximum atomic E-state index is 13.3. The fraction of sp³-hybridized carbons (Fsp3) is 0.174. The molecule has 0 saturated carbocycles. The normalized spacial score (nSPS) is 11.6. The summed E-state index contributed by atoms with van der Waals surface area (Å²) in [6.45, 7) is 2.29. The Morgan fingerprint density at radius 1 is 0.969 bits per heavy atom. The zero-order valence-electron chi connectivity index (χ0n) is 17.6. The molecule has 3 aromatic rings. The van der Waals surface area contributed by atoms with E-state index in [9.17, 15) is 12.8 Å². The summed E-state index contributed by atoms with van der Waals surface area (Å²) in [4.78, 5) is 4.41. The van der Waals surface area contributed by atoms with E-state index in [0.29, 0.717) is 11.1 Å². The Morgan fingerprint density at radius 2 is 1.66 bits per heavy atom. The molecule has 0 spiro atoms. The fourth-order valence-corrected chi connectivity index (χ4v) is 4.04. The lowest BCUT2D eigenvalue weighted by Gasteiger charge is -2.09. The molecular weight excluding hydrogens is 542 g/mol. The van der Waals surface area contributed by atoms with Crippen LogP contribution in [0.2, 0.25) is 0 Å². The predicted molar refractivity (Wildman–Crippen MR) is 137 cm³/mol. The molecule has 0 bridgehead atoms. The molecule has 0 aliphatic rings. The Balaban J connectivity index is 0.00000363. The highest BCUT2D eigenvalue weighted by Crippen LogP contribution is 2.14. The van der Waals surface area contributed by atoms with Crippen molar-refractivity contribution in [3.63, 3.8) is 0 Å². The van der Waals surface area contributed by atoms with Crippen LogP contribution in [0.25, 0.3) is 0 Å². The lowest BCUT2D eigenvalue weighted by molar-refractivity contribution is 0.580. The summed E-state index contributed by atoms with van der Waals surface area (Å²) in [5.74, 6) is -0.171. The largest absolute Gasteiger partial charge is 0.370 e. The van der Waals surface area contributed by atoms with Crippen molar-refractivity contribution in [1.82, 2.24) is 4.72 Å². The standard InChI is InChI=1S/C23H25FN4O2S.HI/c1-2-17-6-4-10-21(13-17)28-23(25)26-15-19-8-5-11-22(14-19)31(29,30)27-16-18-7-3-9-20(24)12-18;/h3-14,27H,2,15-16H2,1H3,(H3,25,26,28);1H. The van der Waals surface area contributed by atoms with E-state index in [-0.39, 0.29) is 47.9 Å². The minimum Gasteiger partial charge on any atom is -0.370 e. The topological polar surface area (TPSA) is 96.6 Å². The molecule has 0 aliphatic carbocycles. The Morgan fingerprint density at radius 3 is 2.41 bits per heavy atom. The van der Waals surface area contributed by atoms with E-state index in [4.69, 9.17) is 5.73 Å². The predicted octanol–water partition coefficient (Wildman–Crippen LogP) is 4.41. The van der Waals surface area contributed by atoms with Gasteiger partial charge in [-0.2, -0.15) is 0 Å². The van der Waals surface area contributed by atoms with Crippen molar-refractivity contribution in [2.75, 3.05) is 5.32 Å². The van der Waals surface area contributed by atoms with Crippen LogP contribution < -0.4 is 15.8 Å². The van der Waals surface area contributed by atoms with Crippen molar-refractivity contribution in [2.45, 2.75) is 31.3 Å². The molecule has 0 heterocycles. The summed E-state index contributed by atoms with van der Waals surface area (Å²) in [5.41, 5.74) is 9.23. The summed E-state index contributed by atoms with van der Waals surface area (Å²) < 4.78 is 41.0. The SMILES string of the molecule is CCc1cccc(NC(N)=NCc2cccc(S(=O)(=O)NCc3cccc(F)c3)c2)c1.I. The van der Waals surface area contributed by atoms with Gasteiger partial charge < -0.3 is 11.1 Å². The summed E-state index contributed by atoms with van der Waals surface area (Å²) in [7, 11) is -3.76. The minimum absolute atomic E-state index is 0. The number of anilines is 1. The van der Waals surface area contributed by atoms with Crippen molar-refractivity contribution < 1.29 is 12.8 Å². The Hall–Kier alpha value is -2.50. The molecule has 0 saturated heterocycles. The van der Waals surface area contributed by atoms with Crippen molar-refractivity contribution >= 4 is 45.6 Å². The quantitative estimate of drug-likeness (QED) is 0.213. The third-order valence-corrected chi connectivity index (χ3v) is 6.00. The number of nitrogens with zero attached hydrogens (tertiary/aromatic N) is 1. The first-order chi connectivity index (χ1) is 14.9. The Kier molecular flexibility index (Phi) is 9.60. The summed E-state index contributed by atoms with van der Waals surface area (Å²) in [5, 5.41) is 3.04. The Labute approximate surface area is 205 Å². The van der Waals surface area contributed by atoms with Gasteiger partial charge in [0, 0.05) is 12.2 Å². The molecule has 32 heavy (non-hydrogen) atoms. The molecule has 0 amide bonds. The molecule has 3 rings (SSSR count). The average Bonchev–Trinajstić information content (AvgIpc) is 2.77. The summed E-state index contributed by atoms with van der Waals surface area (Å²) in [6.07, 6.45) is 0.918. The van der Waals surface area contributed by atoms with Gasteiger partial charge in [0.15, 0.2) is 5.96 Å². The number of aryl methyl sites for hydroxylation is 1. The lowest BCUT2D eigenvalue weighted by atomic mass is 10.1. The average molecular weight is 568 g/mol. The van der Waals surface area contributed by atoms with Gasteiger partial charge in [0.05, 0.1) is 11.4 Å². The number of rotatable bonds is 8. The van der Waals surface area contributed by atoms with Gasteiger partial charge in [0.1, 0.15) is 5.82 Å². The number of sulfonamides is 1. The third kappa shape index (κ3) is 7.57. The number of benzene rings is 3. The molecule has 0 fully saturated rings. The van der Waals surface area contributed by atoms with Crippen molar-refractivity contribution in [1.29, 1.82) is 0 Å². The number of nitrogens with two attached hydrogens (primary N) is 1. The second-order valence-electron chi connectivity index (χ2n) is 6.98. The molecule has 4 N–H and O–H groups in total. The lowest BCUT2D eigenvalue weighted by Crippen LogP contribution is -2.23. The molecule has 3 aromatic carbocycles. The highest BCUT2D eigenvalue weighted by Gasteiger charge is 2.14. The van der Waals surface area contributed by atoms with Crippen LogP contribution in [0.4, 0.5) is 10.1 Å². The molecule has 0 aliphatic heterocycles. The van der Waals surface area contributed by atoms with Gasteiger partial charge in [-0.1, -0.05) is 43.3 Å². The molecular formula is C23H26FIN4O2S. The van der Waals surface area contributed by atoms with Crippen LogP contribution in [0.15, 0.2) is 82.7 Å². The van der Waals surface area contributed by atoms with E-state index >= 15 is 0 Å². The third-order valence-electron chi connectivity index (χ3n) is 4.60. The summed E-state index contributed by atoms with van der Waals surface area (Å²) >= 11 is 0. The van der Waals surface area contributed by atoms with Gasteiger partial charge in [-0.25, -0.2) is 22.5 Å². The second-order valence-corrected chi connectivity index (χ2v) is 8.75. The minimum atomic E-state index is -3.76.